The summed E-state index contributed by atoms with van der Waals surface area (Å²) in [7, 11) is 1.98. The highest BCUT2D eigenvalue weighted by Crippen LogP contribution is 2.37. The second-order valence-electron chi connectivity index (χ2n) is 8.84. The molecule has 2 aromatic heterocycles. The average molecular weight is 467 g/mol. The molecule has 1 N–H and O–H groups in total. The van der Waals surface area contributed by atoms with Crippen molar-refractivity contribution < 1.29 is 4.39 Å². The molecule has 1 aliphatic heterocycles. The lowest BCUT2D eigenvalue weighted by atomic mass is 9.98. The zero-order valence-electron chi connectivity index (χ0n) is 19.4. The van der Waals surface area contributed by atoms with Crippen molar-refractivity contribution in [2.24, 2.45) is 7.05 Å². The van der Waals surface area contributed by atoms with E-state index in [0.717, 1.165) is 65.7 Å². The lowest BCUT2D eigenvalue weighted by Gasteiger charge is -2.29. The smallest absolute Gasteiger partial charge is 0.206 e. The van der Waals surface area contributed by atoms with Gasteiger partial charge >= 0.3 is 0 Å². The standard InChI is InChI=1S/C25H28ClFN6/c1-15-11-22-24(23(17(15)3)21-12-16(2)30-31(21)4)29-25(32-9-7-28-8-10-32)33(22)14-18-5-6-20(27)19(26)13-18/h5-6,11-13,28H,7-10,14H2,1-4H3. The number of aromatic nitrogens is 4. The molecule has 172 valence electrons. The summed E-state index contributed by atoms with van der Waals surface area (Å²) in [6.45, 7) is 10.4. The number of piperazine rings is 1. The monoisotopic (exact) mass is 466 g/mol. The predicted molar refractivity (Wildman–Crippen MR) is 132 cm³/mol. The quantitative estimate of drug-likeness (QED) is 0.477. The first-order chi connectivity index (χ1) is 15.8. The van der Waals surface area contributed by atoms with Crippen LogP contribution in [0.15, 0.2) is 30.3 Å². The molecule has 0 unspecified atom stereocenters. The Morgan fingerprint density at radius 3 is 2.52 bits per heavy atom. The van der Waals surface area contributed by atoms with Crippen LogP contribution in [0.3, 0.4) is 0 Å². The van der Waals surface area contributed by atoms with Crippen molar-refractivity contribution >= 4 is 28.6 Å². The van der Waals surface area contributed by atoms with Gasteiger partial charge in [0.25, 0.3) is 0 Å². The lowest BCUT2D eigenvalue weighted by Crippen LogP contribution is -2.44. The third kappa shape index (κ3) is 3.89. The fraction of sp³-hybridized carbons (Fsp3) is 0.360. The third-order valence-electron chi connectivity index (χ3n) is 6.53. The van der Waals surface area contributed by atoms with E-state index in [9.17, 15) is 4.39 Å². The van der Waals surface area contributed by atoms with Gasteiger partial charge < -0.3 is 14.8 Å². The van der Waals surface area contributed by atoms with Gasteiger partial charge in [-0.1, -0.05) is 17.7 Å². The van der Waals surface area contributed by atoms with Gasteiger partial charge in [0.05, 0.1) is 28.5 Å². The summed E-state index contributed by atoms with van der Waals surface area (Å²) in [6, 6.07) is 9.25. The normalized spacial score (nSPS) is 14.4. The van der Waals surface area contributed by atoms with Crippen molar-refractivity contribution in [3.8, 4) is 11.3 Å². The zero-order chi connectivity index (χ0) is 23.3. The van der Waals surface area contributed by atoms with Crippen molar-refractivity contribution in [3.63, 3.8) is 0 Å². The Balaban J connectivity index is 1.76. The number of hydrogen-bond acceptors (Lipinski definition) is 4. The minimum Gasteiger partial charge on any atom is -0.340 e. The fourth-order valence-corrected chi connectivity index (χ4v) is 4.92. The molecule has 1 aliphatic rings. The van der Waals surface area contributed by atoms with Gasteiger partial charge in [-0.2, -0.15) is 5.10 Å². The maximum Gasteiger partial charge on any atom is 0.206 e. The highest BCUT2D eigenvalue weighted by Gasteiger charge is 2.24. The SMILES string of the molecule is Cc1cc(-c2c(C)c(C)cc3c2nc(N2CCNCC2)n3Cc2ccc(F)c(Cl)c2)n(C)n1. The molecule has 0 amide bonds. The van der Waals surface area contributed by atoms with Crippen molar-refractivity contribution in [2.75, 3.05) is 31.1 Å². The maximum atomic E-state index is 13.8. The second-order valence-corrected chi connectivity index (χ2v) is 9.25. The van der Waals surface area contributed by atoms with E-state index in [1.165, 1.54) is 17.2 Å². The highest BCUT2D eigenvalue weighted by atomic mass is 35.5. The number of fused-ring (bicyclic) bond motifs is 1. The molecule has 0 bridgehead atoms. The van der Waals surface area contributed by atoms with Crippen LogP contribution in [0.1, 0.15) is 22.4 Å². The van der Waals surface area contributed by atoms with Crippen molar-refractivity contribution in [2.45, 2.75) is 27.3 Å². The second kappa shape index (κ2) is 8.47. The maximum absolute atomic E-state index is 13.8. The van der Waals surface area contributed by atoms with E-state index in [-0.39, 0.29) is 5.02 Å². The molecule has 4 aromatic rings. The molecule has 0 aliphatic carbocycles. The third-order valence-corrected chi connectivity index (χ3v) is 6.82. The highest BCUT2D eigenvalue weighted by molar-refractivity contribution is 6.30. The van der Waals surface area contributed by atoms with Crippen LogP contribution in [0.4, 0.5) is 10.3 Å². The summed E-state index contributed by atoms with van der Waals surface area (Å²) in [5.74, 6) is 0.524. The summed E-state index contributed by atoms with van der Waals surface area (Å²) in [5.41, 5.74) is 8.50. The van der Waals surface area contributed by atoms with Crippen molar-refractivity contribution in [1.82, 2.24) is 24.6 Å². The van der Waals surface area contributed by atoms with E-state index in [1.54, 1.807) is 12.1 Å². The first-order valence-corrected chi connectivity index (χ1v) is 11.6. The Morgan fingerprint density at radius 2 is 1.85 bits per heavy atom. The molecule has 0 spiro atoms. The van der Waals surface area contributed by atoms with Crippen molar-refractivity contribution in [3.05, 3.63) is 63.6 Å². The van der Waals surface area contributed by atoms with Crippen LogP contribution in [0.2, 0.25) is 5.02 Å². The van der Waals surface area contributed by atoms with Gasteiger partial charge in [0.1, 0.15) is 11.3 Å². The average Bonchev–Trinajstić information content (AvgIpc) is 3.31. The number of rotatable bonds is 4. The molecule has 0 radical (unpaired) electrons. The van der Waals surface area contributed by atoms with Crippen LogP contribution in [0.5, 0.6) is 0 Å². The van der Waals surface area contributed by atoms with Crippen LogP contribution in [0, 0.1) is 26.6 Å². The van der Waals surface area contributed by atoms with Gasteiger partial charge in [0, 0.05) is 38.8 Å². The largest absolute Gasteiger partial charge is 0.340 e. The number of hydrogen-bond donors (Lipinski definition) is 1. The van der Waals surface area contributed by atoms with Crippen LogP contribution < -0.4 is 10.2 Å². The molecular formula is C25H28ClFN6. The molecule has 5 rings (SSSR count). The Kier molecular flexibility index (Phi) is 5.62. The van der Waals surface area contributed by atoms with E-state index in [2.05, 4.69) is 45.9 Å². The molecule has 2 aromatic carbocycles. The van der Waals surface area contributed by atoms with Crippen LogP contribution >= 0.6 is 11.6 Å². The topological polar surface area (TPSA) is 50.9 Å². The number of nitrogens with zero attached hydrogens (tertiary/aromatic N) is 5. The Hall–Kier alpha value is -2.90. The minimum absolute atomic E-state index is 0.138. The number of halogens is 2. The summed E-state index contributed by atoms with van der Waals surface area (Å²) >= 11 is 6.10. The summed E-state index contributed by atoms with van der Waals surface area (Å²) < 4.78 is 18.0. The van der Waals surface area contributed by atoms with E-state index >= 15 is 0 Å². The molecular weight excluding hydrogens is 439 g/mol. The van der Waals surface area contributed by atoms with Crippen LogP contribution in [-0.4, -0.2) is 45.5 Å². The Morgan fingerprint density at radius 1 is 1.09 bits per heavy atom. The van der Waals surface area contributed by atoms with Gasteiger partial charge in [0.2, 0.25) is 5.95 Å². The molecule has 1 saturated heterocycles. The van der Waals surface area contributed by atoms with Gasteiger partial charge in [-0.15, -0.1) is 0 Å². The van der Waals surface area contributed by atoms with E-state index in [4.69, 9.17) is 16.6 Å². The molecule has 3 heterocycles. The van der Waals surface area contributed by atoms with E-state index in [1.807, 2.05) is 18.7 Å². The lowest BCUT2D eigenvalue weighted by molar-refractivity contribution is 0.571. The first-order valence-electron chi connectivity index (χ1n) is 11.2. The number of nitrogens with one attached hydrogen (secondary N) is 1. The molecule has 0 saturated carbocycles. The van der Waals surface area contributed by atoms with Crippen LogP contribution in [-0.2, 0) is 13.6 Å². The molecule has 6 nitrogen and oxygen atoms in total. The first kappa shape index (κ1) is 21.9. The zero-order valence-corrected chi connectivity index (χ0v) is 20.2. The molecule has 8 heteroatoms. The van der Waals surface area contributed by atoms with Gasteiger partial charge in [-0.3, -0.25) is 4.68 Å². The van der Waals surface area contributed by atoms with E-state index < -0.39 is 5.82 Å². The predicted octanol–water partition coefficient (Wildman–Crippen LogP) is 4.61. The van der Waals surface area contributed by atoms with Gasteiger partial charge in [-0.05, 0) is 61.7 Å². The summed E-state index contributed by atoms with van der Waals surface area (Å²) in [6.07, 6.45) is 0. The number of aryl methyl sites for hydroxylation is 3. The number of benzene rings is 2. The molecule has 1 fully saturated rings. The van der Waals surface area contributed by atoms with E-state index in [0.29, 0.717) is 6.54 Å². The van der Waals surface area contributed by atoms with Crippen LogP contribution in [0.25, 0.3) is 22.3 Å². The van der Waals surface area contributed by atoms with Crippen molar-refractivity contribution in [1.29, 1.82) is 0 Å². The Labute approximate surface area is 198 Å². The number of imidazole rings is 1. The molecule has 33 heavy (non-hydrogen) atoms. The summed E-state index contributed by atoms with van der Waals surface area (Å²) in [5, 5.41) is 8.14. The number of anilines is 1. The van der Waals surface area contributed by atoms with Gasteiger partial charge in [-0.25, -0.2) is 9.37 Å². The van der Waals surface area contributed by atoms with Gasteiger partial charge in [0.15, 0.2) is 0 Å². The summed E-state index contributed by atoms with van der Waals surface area (Å²) in [4.78, 5) is 7.54. The minimum atomic E-state index is -0.404. The Bertz CT molecular complexity index is 1350. The fourth-order valence-electron chi connectivity index (χ4n) is 4.71. The molecule has 0 atom stereocenters.